The molecule has 0 amide bonds. The maximum absolute atomic E-state index is 13.2. The summed E-state index contributed by atoms with van der Waals surface area (Å²) >= 11 is 0. The summed E-state index contributed by atoms with van der Waals surface area (Å²) in [5.74, 6) is 0.385. The summed E-state index contributed by atoms with van der Waals surface area (Å²) < 4.78 is 18.4. The number of guanidine groups is 1. The van der Waals surface area contributed by atoms with Gasteiger partial charge in [0, 0.05) is 13.6 Å². The molecule has 3 N–H and O–H groups in total. The first-order valence-corrected chi connectivity index (χ1v) is 6.13. The molecule has 0 aliphatic rings. The molecule has 0 saturated heterocycles. The van der Waals surface area contributed by atoms with E-state index in [4.69, 9.17) is 9.52 Å². The fourth-order valence-corrected chi connectivity index (χ4v) is 1.65. The Morgan fingerprint density at radius 3 is 2.75 bits per heavy atom. The molecule has 1 aromatic heterocycles. The highest BCUT2D eigenvalue weighted by atomic mass is 19.1. The lowest BCUT2D eigenvalue weighted by Crippen LogP contribution is -2.36. The van der Waals surface area contributed by atoms with Gasteiger partial charge in [-0.1, -0.05) is 6.07 Å². The summed E-state index contributed by atoms with van der Waals surface area (Å²) in [5.41, 5.74) is 0.709. The molecule has 1 aromatic carbocycles. The van der Waals surface area contributed by atoms with Gasteiger partial charge in [-0.2, -0.15) is 0 Å². The van der Waals surface area contributed by atoms with E-state index in [1.54, 1.807) is 19.4 Å². The lowest BCUT2D eigenvalue weighted by molar-refractivity contribution is 0.431. The van der Waals surface area contributed by atoms with Crippen molar-refractivity contribution in [3.05, 3.63) is 53.7 Å². The number of halogens is 1. The summed E-state index contributed by atoms with van der Waals surface area (Å²) in [4.78, 5) is 4.05. The maximum atomic E-state index is 13.2. The second-order valence-corrected chi connectivity index (χ2v) is 4.14. The van der Waals surface area contributed by atoms with E-state index < -0.39 is 5.82 Å². The number of hydrogen-bond acceptors (Lipinski definition) is 3. The predicted octanol–water partition coefficient (Wildman–Crippen LogP) is 1.99. The third kappa shape index (κ3) is 3.74. The van der Waals surface area contributed by atoms with E-state index in [1.807, 2.05) is 12.1 Å². The van der Waals surface area contributed by atoms with E-state index in [0.29, 0.717) is 24.6 Å². The van der Waals surface area contributed by atoms with Gasteiger partial charge in [-0.05, 0) is 29.8 Å². The van der Waals surface area contributed by atoms with E-state index in [0.717, 1.165) is 5.76 Å². The van der Waals surface area contributed by atoms with E-state index in [-0.39, 0.29) is 5.75 Å². The molecule has 1 heterocycles. The highest BCUT2D eigenvalue weighted by Crippen LogP contribution is 2.15. The van der Waals surface area contributed by atoms with Crippen molar-refractivity contribution >= 4 is 5.96 Å². The summed E-state index contributed by atoms with van der Waals surface area (Å²) in [7, 11) is 1.65. The zero-order valence-electron chi connectivity index (χ0n) is 11.1. The quantitative estimate of drug-likeness (QED) is 0.590. The van der Waals surface area contributed by atoms with Crippen molar-refractivity contribution in [3.63, 3.8) is 0 Å². The summed E-state index contributed by atoms with van der Waals surface area (Å²) in [6.07, 6.45) is 1.60. The maximum Gasteiger partial charge on any atom is 0.191 e. The largest absolute Gasteiger partial charge is 0.505 e. The Bertz CT molecular complexity index is 582. The Hall–Kier alpha value is -2.50. The zero-order valence-corrected chi connectivity index (χ0v) is 11.1. The van der Waals surface area contributed by atoms with Crippen LogP contribution in [0.2, 0.25) is 0 Å². The van der Waals surface area contributed by atoms with Gasteiger partial charge in [-0.3, -0.25) is 4.99 Å². The second-order valence-electron chi connectivity index (χ2n) is 4.14. The third-order valence-electron chi connectivity index (χ3n) is 2.71. The molecule has 2 aromatic rings. The van der Waals surface area contributed by atoms with Gasteiger partial charge >= 0.3 is 0 Å². The van der Waals surface area contributed by atoms with Crippen LogP contribution in [0.5, 0.6) is 5.75 Å². The minimum absolute atomic E-state index is 0.353. The van der Waals surface area contributed by atoms with Crippen LogP contribution < -0.4 is 10.6 Å². The topological polar surface area (TPSA) is 69.8 Å². The Morgan fingerprint density at radius 1 is 1.30 bits per heavy atom. The number of hydrogen-bond donors (Lipinski definition) is 3. The van der Waals surface area contributed by atoms with Crippen molar-refractivity contribution in [2.24, 2.45) is 4.99 Å². The first-order valence-electron chi connectivity index (χ1n) is 6.13. The van der Waals surface area contributed by atoms with Crippen LogP contribution in [0.15, 0.2) is 46.0 Å². The molecule has 0 radical (unpaired) electrons. The Labute approximate surface area is 116 Å². The van der Waals surface area contributed by atoms with Gasteiger partial charge in [-0.15, -0.1) is 0 Å². The summed E-state index contributed by atoms with van der Waals surface area (Å²) in [5, 5.41) is 15.2. The molecule has 0 unspecified atom stereocenters. The van der Waals surface area contributed by atoms with Gasteiger partial charge in [0.25, 0.3) is 0 Å². The van der Waals surface area contributed by atoms with Crippen molar-refractivity contribution in [1.29, 1.82) is 0 Å². The number of phenolic OH excluding ortho intramolecular Hbond substituents is 1. The number of phenols is 1. The zero-order chi connectivity index (χ0) is 14.4. The lowest BCUT2D eigenvalue weighted by Gasteiger charge is -2.11. The highest BCUT2D eigenvalue weighted by molar-refractivity contribution is 5.79. The van der Waals surface area contributed by atoms with E-state index in [9.17, 15) is 4.39 Å². The molecule has 0 spiro atoms. The molecule has 0 bridgehead atoms. The Balaban J connectivity index is 1.85. The molecular weight excluding hydrogens is 261 g/mol. The van der Waals surface area contributed by atoms with Crippen LogP contribution in [0.25, 0.3) is 0 Å². The van der Waals surface area contributed by atoms with Crippen LogP contribution in [-0.2, 0) is 13.1 Å². The standard InChI is InChI=1S/C14H16FN3O2/c1-16-14(18-9-11-3-2-6-20-11)17-8-10-4-5-13(19)12(15)7-10/h2-7,19H,8-9H2,1H3,(H2,16,17,18). The molecule has 6 heteroatoms. The average molecular weight is 277 g/mol. The first-order chi connectivity index (χ1) is 9.69. The van der Waals surface area contributed by atoms with Crippen molar-refractivity contribution in [2.75, 3.05) is 7.05 Å². The van der Waals surface area contributed by atoms with E-state index in [2.05, 4.69) is 15.6 Å². The van der Waals surface area contributed by atoms with Crippen LogP contribution in [0, 0.1) is 5.82 Å². The van der Waals surface area contributed by atoms with E-state index in [1.165, 1.54) is 12.1 Å². The van der Waals surface area contributed by atoms with Crippen molar-refractivity contribution in [3.8, 4) is 5.75 Å². The monoisotopic (exact) mass is 277 g/mol. The van der Waals surface area contributed by atoms with Gasteiger partial charge in [-0.25, -0.2) is 4.39 Å². The molecular formula is C14H16FN3O2. The van der Waals surface area contributed by atoms with Crippen LogP contribution in [-0.4, -0.2) is 18.1 Å². The van der Waals surface area contributed by atoms with Crippen LogP contribution in [0.4, 0.5) is 4.39 Å². The minimum Gasteiger partial charge on any atom is -0.505 e. The molecule has 2 rings (SSSR count). The molecule has 20 heavy (non-hydrogen) atoms. The van der Waals surface area contributed by atoms with Gasteiger partial charge < -0.3 is 20.2 Å². The molecule has 0 atom stereocenters. The normalized spacial score (nSPS) is 11.4. The second kappa shape index (κ2) is 6.60. The fraction of sp³-hybridized carbons (Fsp3) is 0.214. The minimum atomic E-state index is -0.636. The molecule has 0 aliphatic heterocycles. The molecule has 0 saturated carbocycles. The number of nitrogens with zero attached hydrogens (tertiary/aromatic N) is 1. The van der Waals surface area contributed by atoms with Gasteiger partial charge in [0.1, 0.15) is 5.76 Å². The Kier molecular flexibility index (Phi) is 4.60. The fourth-order valence-electron chi connectivity index (χ4n) is 1.65. The van der Waals surface area contributed by atoms with Crippen molar-refractivity contribution in [2.45, 2.75) is 13.1 Å². The predicted molar refractivity (Wildman–Crippen MR) is 73.8 cm³/mol. The first kappa shape index (κ1) is 13.9. The lowest BCUT2D eigenvalue weighted by atomic mass is 10.2. The number of benzene rings is 1. The molecule has 106 valence electrons. The molecule has 0 aliphatic carbocycles. The smallest absolute Gasteiger partial charge is 0.191 e. The molecule has 0 fully saturated rings. The number of nitrogens with one attached hydrogen (secondary N) is 2. The summed E-state index contributed by atoms with van der Waals surface area (Å²) in [6.45, 7) is 0.908. The SMILES string of the molecule is CN=C(NCc1ccc(O)c(F)c1)NCc1ccco1. The van der Waals surface area contributed by atoms with Crippen molar-refractivity contribution < 1.29 is 13.9 Å². The number of rotatable bonds is 4. The third-order valence-corrected chi connectivity index (χ3v) is 2.71. The number of aromatic hydroxyl groups is 1. The van der Waals surface area contributed by atoms with Crippen LogP contribution in [0.1, 0.15) is 11.3 Å². The number of furan rings is 1. The number of aliphatic imine (C=N–C) groups is 1. The highest BCUT2D eigenvalue weighted by Gasteiger charge is 2.03. The Morgan fingerprint density at radius 2 is 2.10 bits per heavy atom. The average Bonchev–Trinajstić information content (AvgIpc) is 2.96. The van der Waals surface area contributed by atoms with Gasteiger partial charge in [0.2, 0.25) is 0 Å². The van der Waals surface area contributed by atoms with Crippen molar-refractivity contribution in [1.82, 2.24) is 10.6 Å². The van der Waals surface area contributed by atoms with Crippen LogP contribution >= 0.6 is 0 Å². The van der Waals surface area contributed by atoms with Gasteiger partial charge in [0.15, 0.2) is 17.5 Å². The summed E-state index contributed by atoms with van der Waals surface area (Å²) in [6, 6.07) is 7.92. The van der Waals surface area contributed by atoms with Gasteiger partial charge in [0.05, 0.1) is 12.8 Å². The van der Waals surface area contributed by atoms with Crippen LogP contribution in [0.3, 0.4) is 0 Å². The van der Waals surface area contributed by atoms with E-state index >= 15 is 0 Å². The molecule has 5 nitrogen and oxygen atoms in total.